The van der Waals surface area contributed by atoms with Gasteiger partial charge in [-0.05, 0) is 37.1 Å². The number of benzene rings is 1. The van der Waals surface area contributed by atoms with Crippen LogP contribution in [0.3, 0.4) is 0 Å². The molecule has 26 heavy (non-hydrogen) atoms. The van der Waals surface area contributed by atoms with Crippen LogP contribution in [-0.4, -0.2) is 22.6 Å². The Morgan fingerprint density at radius 2 is 1.88 bits per heavy atom. The standard InChI is InChI=1S/C18H22FN3O2S2/c1-3-12(4-2)17(24)22-18-21-15(10-26-18)9-25-11-16(23)20-14-7-5-13(19)6-8-14/h5-8,10,12H,3-4,9,11H2,1-2H3,(H,20,23)(H,21,22,24). The number of amides is 2. The van der Waals surface area contributed by atoms with E-state index in [1.165, 1.54) is 47.4 Å². The van der Waals surface area contributed by atoms with Crippen LogP contribution in [0.1, 0.15) is 32.4 Å². The zero-order valence-corrected chi connectivity index (χ0v) is 16.4. The van der Waals surface area contributed by atoms with Crippen LogP contribution in [0, 0.1) is 11.7 Å². The highest BCUT2D eigenvalue weighted by atomic mass is 32.2. The second kappa shape index (κ2) is 10.3. The minimum atomic E-state index is -0.340. The van der Waals surface area contributed by atoms with Crippen LogP contribution in [0.25, 0.3) is 0 Å². The first-order valence-corrected chi connectivity index (χ1v) is 10.4. The van der Waals surface area contributed by atoms with E-state index in [1.54, 1.807) is 0 Å². The van der Waals surface area contributed by atoms with E-state index in [1.807, 2.05) is 19.2 Å². The summed E-state index contributed by atoms with van der Waals surface area (Å²) in [5, 5.41) is 8.03. The third-order valence-corrected chi connectivity index (χ3v) is 5.52. The van der Waals surface area contributed by atoms with Gasteiger partial charge in [-0.25, -0.2) is 9.37 Å². The average molecular weight is 396 g/mol. The minimum Gasteiger partial charge on any atom is -0.325 e. The third-order valence-electron chi connectivity index (χ3n) is 3.75. The van der Waals surface area contributed by atoms with Crippen molar-refractivity contribution in [3.05, 3.63) is 41.2 Å². The fraction of sp³-hybridized carbons (Fsp3) is 0.389. The predicted molar refractivity (Wildman–Crippen MR) is 106 cm³/mol. The molecule has 0 aliphatic heterocycles. The number of nitrogens with zero attached hydrogens (tertiary/aromatic N) is 1. The van der Waals surface area contributed by atoms with Gasteiger partial charge in [0.25, 0.3) is 0 Å². The monoisotopic (exact) mass is 395 g/mol. The highest BCUT2D eigenvalue weighted by molar-refractivity contribution is 7.99. The molecule has 0 radical (unpaired) electrons. The molecule has 0 atom stereocenters. The maximum atomic E-state index is 12.8. The molecule has 1 aromatic carbocycles. The van der Waals surface area contributed by atoms with Crippen LogP contribution in [0.4, 0.5) is 15.2 Å². The highest BCUT2D eigenvalue weighted by Crippen LogP contribution is 2.21. The lowest BCUT2D eigenvalue weighted by Gasteiger charge is -2.10. The molecule has 0 saturated carbocycles. The van der Waals surface area contributed by atoms with E-state index in [4.69, 9.17) is 0 Å². The van der Waals surface area contributed by atoms with Gasteiger partial charge in [-0.15, -0.1) is 23.1 Å². The fourth-order valence-electron chi connectivity index (χ4n) is 2.28. The summed E-state index contributed by atoms with van der Waals surface area (Å²) in [6.07, 6.45) is 1.61. The Morgan fingerprint density at radius 1 is 1.19 bits per heavy atom. The van der Waals surface area contributed by atoms with Crippen molar-refractivity contribution >= 4 is 45.7 Å². The molecule has 0 unspecified atom stereocenters. The molecule has 1 heterocycles. The van der Waals surface area contributed by atoms with Crippen LogP contribution in [0.15, 0.2) is 29.6 Å². The topological polar surface area (TPSA) is 71.1 Å². The Bertz CT molecular complexity index is 730. The summed E-state index contributed by atoms with van der Waals surface area (Å²) in [7, 11) is 0. The first-order chi connectivity index (χ1) is 12.5. The molecule has 0 saturated heterocycles. The maximum Gasteiger partial charge on any atom is 0.234 e. The van der Waals surface area contributed by atoms with Gasteiger partial charge in [0.2, 0.25) is 11.8 Å². The number of anilines is 2. The third kappa shape index (κ3) is 6.42. The Kier molecular flexibility index (Phi) is 8.06. The summed E-state index contributed by atoms with van der Waals surface area (Å²) in [5.41, 5.74) is 1.39. The van der Waals surface area contributed by atoms with Crippen LogP contribution < -0.4 is 10.6 Å². The molecule has 5 nitrogen and oxygen atoms in total. The molecule has 2 amide bonds. The molecule has 2 aromatic rings. The molecular formula is C18H22FN3O2S2. The molecule has 140 valence electrons. The summed E-state index contributed by atoms with van der Waals surface area (Å²) in [5.74, 6) is 0.361. The van der Waals surface area contributed by atoms with Crippen LogP contribution in [0.2, 0.25) is 0 Å². The van der Waals surface area contributed by atoms with E-state index < -0.39 is 0 Å². The van der Waals surface area contributed by atoms with Crippen molar-refractivity contribution in [2.24, 2.45) is 5.92 Å². The van der Waals surface area contributed by atoms with Gasteiger partial charge < -0.3 is 10.6 Å². The summed E-state index contributed by atoms with van der Waals surface area (Å²) in [4.78, 5) is 28.3. The van der Waals surface area contributed by atoms with Gasteiger partial charge >= 0.3 is 0 Å². The Hall–Kier alpha value is -1.93. The molecular weight excluding hydrogens is 373 g/mol. The van der Waals surface area contributed by atoms with E-state index in [9.17, 15) is 14.0 Å². The number of rotatable bonds is 9. The molecule has 2 N–H and O–H groups in total. The van der Waals surface area contributed by atoms with Crippen molar-refractivity contribution in [3.8, 4) is 0 Å². The Balaban J connectivity index is 1.74. The second-order valence-electron chi connectivity index (χ2n) is 5.69. The summed E-state index contributed by atoms with van der Waals surface area (Å²) in [6.45, 7) is 3.99. The minimum absolute atomic E-state index is 0.00206. The molecule has 1 aromatic heterocycles. The molecule has 0 spiro atoms. The van der Waals surface area contributed by atoms with Gasteiger partial charge in [0.15, 0.2) is 5.13 Å². The second-order valence-corrected chi connectivity index (χ2v) is 7.54. The zero-order valence-electron chi connectivity index (χ0n) is 14.8. The van der Waals surface area contributed by atoms with Crippen LogP contribution in [0.5, 0.6) is 0 Å². The fourth-order valence-corrected chi connectivity index (χ4v) is 3.81. The summed E-state index contributed by atoms with van der Waals surface area (Å²) >= 11 is 2.82. The van der Waals surface area contributed by atoms with Gasteiger partial charge in [-0.3, -0.25) is 9.59 Å². The summed E-state index contributed by atoms with van der Waals surface area (Å²) in [6, 6.07) is 5.64. The quantitative estimate of drug-likeness (QED) is 0.654. The van der Waals surface area contributed by atoms with E-state index in [0.29, 0.717) is 16.6 Å². The maximum absolute atomic E-state index is 12.8. The van der Waals surface area contributed by atoms with Gasteiger partial charge in [0.1, 0.15) is 5.82 Å². The number of thiazole rings is 1. The zero-order chi connectivity index (χ0) is 18.9. The molecule has 0 bridgehead atoms. The van der Waals surface area contributed by atoms with Crippen molar-refractivity contribution in [2.45, 2.75) is 32.4 Å². The predicted octanol–water partition coefficient (Wildman–Crippen LogP) is 4.53. The van der Waals surface area contributed by atoms with Gasteiger partial charge in [-0.2, -0.15) is 0 Å². The summed E-state index contributed by atoms with van der Waals surface area (Å²) < 4.78 is 12.8. The van der Waals surface area contributed by atoms with Gasteiger partial charge in [0, 0.05) is 22.7 Å². The van der Waals surface area contributed by atoms with E-state index in [2.05, 4.69) is 15.6 Å². The van der Waals surface area contributed by atoms with Crippen molar-refractivity contribution in [2.75, 3.05) is 16.4 Å². The number of carbonyl (C=O) groups is 2. The Morgan fingerprint density at radius 3 is 2.54 bits per heavy atom. The van der Waals surface area contributed by atoms with Gasteiger partial charge in [-0.1, -0.05) is 13.8 Å². The number of carbonyl (C=O) groups excluding carboxylic acids is 2. The van der Waals surface area contributed by atoms with E-state index in [-0.39, 0.29) is 29.3 Å². The normalized spacial score (nSPS) is 10.8. The van der Waals surface area contributed by atoms with Gasteiger partial charge in [0.05, 0.1) is 11.4 Å². The molecule has 0 aliphatic rings. The Labute approximate surface area is 160 Å². The number of aromatic nitrogens is 1. The lowest BCUT2D eigenvalue weighted by Crippen LogP contribution is -2.21. The van der Waals surface area contributed by atoms with E-state index >= 15 is 0 Å². The number of nitrogens with one attached hydrogen (secondary N) is 2. The highest BCUT2D eigenvalue weighted by Gasteiger charge is 2.15. The van der Waals surface area contributed by atoms with Crippen molar-refractivity contribution < 1.29 is 14.0 Å². The number of thioether (sulfide) groups is 1. The SMILES string of the molecule is CCC(CC)C(=O)Nc1nc(CSCC(=O)Nc2ccc(F)cc2)cs1. The molecule has 8 heteroatoms. The van der Waals surface area contributed by atoms with Crippen LogP contribution in [-0.2, 0) is 15.3 Å². The van der Waals surface area contributed by atoms with Crippen molar-refractivity contribution in [1.82, 2.24) is 4.98 Å². The molecule has 0 aliphatic carbocycles. The van der Waals surface area contributed by atoms with Crippen molar-refractivity contribution in [3.63, 3.8) is 0 Å². The first-order valence-electron chi connectivity index (χ1n) is 8.40. The molecule has 2 rings (SSSR count). The smallest absolute Gasteiger partial charge is 0.234 e. The van der Waals surface area contributed by atoms with E-state index in [0.717, 1.165) is 18.5 Å². The number of halogens is 1. The number of hydrogen-bond donors (Lipinski definition) is 2. The molecule has 0 fully saturated rings. The lowest BCUT2D eigenvalue weighted by atomic mass is 10.0. The lowest BCUT2D eigenvalue weighted by molar-refractivity contribution is -0.120. The average Bonchev–Trinajstić information content (AvgIpc) is 3.05. The number of hydrogen-bond acceptors (Lipinski definition) is 5. The van der Waals surface area contributed by atoms with Crippen LogP contribution >= 0.6 is 23.1 Å². The first kappa shape index (κ1) is 20.4. The van der Waals surface area contributed by atoms with Crippen molar-refractivity contribution in [1.29, 1.82) is 0 Å². The largest absolute Gasteiger partial charge is 0.325 e.